The first kappa shape index (κ1) is 7.84. The maximum Gasteiger partial charge on any atom is 0.00649 e. The van der Waals surface area contributed by atoms with Gasteiger partial charge in [0.2, 0.25) is 0 Å². The third kappa shape index (κ3) is 0.893. The van der Waals surface area contributed by atoms with Crippen LogP contribution in [-0.4, -0.2) is 5.33 Å². The van der Waals surface area contributed by atoms with Crippen molar-refractivity contribution in [3.63, 3.8) is 0 Å². The number of rotatable bonds is 1. The van der Waals surface area contributed by atoms with Crippen LogP contribution in [0, 0.1) is 16.7 Å². The Morgan fingerprint density at radius 2 is 1.92 bits per heavy atom. The summed E-state index contributed by atoms with van der Waals surface area (Å²) in [7, 11) is 0. The zero-order valence-electron chi connectivity index (χ0n) is 7.61. The monoisotopic (exact) mass is 228 g/mol. The molecule has 0 aromatic rings. The molecule has 1 heteroatoms. The van der Waals surface area contributed by atoms with Gasteiger partial charge in [-0.05, 0) is 55.3 Å². The third-order valence-corrected chi connectivity index (χ3v) is 5.47. The fourth-order valence-corrected chi connectivity index (χ4v) is 4.90. The van der Waals surface area contributed by atoms with Gasteiger partial charge >= 0.3 is 0 Å². The SMILES string of the molecule is BrCC1CCCC12CC1(CC1)C2. The van der Waals surface area contributed by atoms with E-state index in [2.05, 4.69) is 15.9 Å². The smallest absolute Gasteiger partial charge is 0.00649 e. The molecule has 3 fully saturated rings. The van der Waals surface area contributed by atoms with E-state index in [-0.39, 0.29) is 0 Å². The highest BCUT2D eigenvalue weighted by Gasteiger charge is 2.63. The molecule has 3 aliphatic rings. The molecule has 68 valence electrons. The Labute approximate surface area is 83.2 Å². The molecular formula is C11H17Br. The van der Waals surface area contributed by atoms with Crippen LogP contribution in [-0.2, 0) is 0 Å². The summed E-state index contributed by atoms with van der Waals surface area (Å²) in [6.07, 6.45) is 10.9. The molecule has 3 rings (SSSR count). The summed E-state index contributed by atoms with van der Waals surface area (Å²) in [5.74, 6) is 1.03. The molecule has 0 radical (unpaired) electrons. The fraction of sp³-hybridized carbons (Fsp3) is 1.00. The van der Waals surface area contributed by atoms with Crippen molar-refractivity contribution in [2.45, 2.75) is 44.9 Å². The average Bonchev–Trinajstić information content (AvgIpc) is 2.62. The average molecular weight is 229 g/mol. The van der Waals surface area contributed by atoms with E-state index < -0.39 is 0 Å². The Hall–Kier alpha value is 0.480. The van der Waals surface area contributed by atoms with Crippen LogP contribution in [0.4, 0.5) is 0 Å². The van der Waals surface area contributed by atoms with Crippen LogP contribution in [0.2, 0.25) is 0 Å². The summed E-state index contributed by atoms with van der Waals surface area (Å²) < 4.78 is 0. The van der Waals surface area contributed by atoms with Crippen LogP contribution < -0.4 is 0 Å². The largest absolute Gasteiger partial charge is 0.0925 e. The lowest BCUT2D eigenvalue weighted by molar-refractivity contribution is 0.00585. The molecule has 3 saturated carbocycles. The highest BCUT2D eigenvalue weighted by Crippen LogP contribution is 2.74. The summed E-state index contributed by atoms with van der Waals surface area (Å²) >= 11 is 3.68. The van der Waals surface area contributed by atoms with Gasteiger partial charge in [0.25, 0.3) is 0 Å². The number of alkyl halides is 1. The second kappa shape index (κ2) is 2.29. The molecular weight excluding hydrogens is 212 g/mol. The Bertz CT molecular complexity index is 197. The summed E-state index contributed by atoms with van der Waals surface area (Å²) in [5.41, 5.74) is 1.74. The molecule has 12 heavy (non-hydrogen) atoms. The van der Waals surface area contributed by atoms with Gasteiger partial charge in [-0.25, -0.2) is 0 Å². The zero-order chi connectivity index (χ0) is 8.23. The maximum absolute atomic E-state index is 3.68. The lowest BCUT2D eigenvalue weighted by atomic mass is 9.55. The minimum absolute atomic E-state index is 0.833. The highest BCUT2D eigenvalue weighted by molar-refractivity contribution is 9.09. The number of halogens is 1. The summed E-state index contributed by atoms with van der Waals surface area (Å²) in [6.45, 7) is 0. The second-order valence-corrected chi connectivity index (χ2v) is 6.11. The van der Waals surface area contributed by atoms with E-state index in [0.29, 0.717) is 0 Å². The first-order chi connectivity index (χ1) is 5.79. The van der Waals surface area contributed by atoms with Crippen molar-refractivity contribution >= 4 is 15.9 Å². The number of hydrogen-bond donors (Lipinski definition) is 0. The Morgan fingerprint density at radius 1 is 1.17 bits per heavy atom. The molecule has 3 aliphatic carbocycles. The van der Waals surface area contributed by atoms with E-state index in [1.165, 1.54) is 18.2 Å². The molecule has 0 aromatic heterocycles. The Morgan fingerprint density at radius 3 is 2.50 bits per heavy atom. The molecule has 0 aliphatic heterocycles. The Kier molecular flexibility index (Phi) is 1.50. The predicted octanol–water partition coefficient (Wildman–Crippen LogP) is 3.74. The number of hydrogen-bond acceptors (Lipinski definition) is 0. The van der Waals surface area contributed by atoms with Gasteiger partial charge in [-0.15, -0.1) is 0 Å². The second-order valence-electron chi connectivity index (χ2n) is 5.46. The van der Waals surface area contributed by atoms with Crippen LogP contribution >= 0.6 is 15.9 Å². The zero-order valence-corrected chi connectivity index (χ0v) is 9.20. The van der Waals surface area contributed by atoms with Crippen molar-refractivity contribution in [3.05, 3.63) is 0 Å². The molecule has 1 atom stereocenters. The van der Waals surface area contributed by atoms with E-state index in [0.717, 1.165) is 16.7 Å². The topological polar surface area (TPSA) is 0 Å². The molecule has 0 bridgehead atoms. The lowest BCUT2D eigenvalue weighted by Crippen LogP contribution is -2.41. The quantitative estimate of drug-likeness (QED) is 0.601. The first-order valence-electron chi connectivity index (χ1n) is 5.35. The molecule has 0 amide bonds. The van der Waals surface area contributed by atoms with Crippen LogP contribution in [0.3, 0.4) is 0 Å². The van der Waals surface area contributed by atoms with Crippen LogP contribution in [0.1, 0.15) is 44.9 Å². The lowest BCUT2D eigenvalue weighted by Gasteiger charge is -2.50. The molecule has 0 nitrogen and oxygen atoms in total. The van der Waals surface area contributed by atoms with Gasteiger partial charge in [0, 0.05) is 5.33 Å². The molecule has 0 heterocycles. The van der Waals surface area contributed by atoms with Crippen molar-refractivity contribution in [2.75, 3.05) is 5.33 Å². The molecule has 1 unspecified atom stereocenters. The van der Waals surface area contributed by atoms with Gasteiger partial charge in [-0.3, -0.25) is 0 Å². The van der Waals surface area contributed by atoms with E-state index in [1.54, 1.807) is 32.1 Å². The summed E-state index contributed by atoms with van der Waals surface area (Å²) in [5, 5.41) is 1.27. The first-order valence-corrected chi connectivity index (χ1v) is 6.47. The highest BCUT2D eigenvalue weighted by atomic mass is 79.9. The van der Waals surface area contributed by atoms with Crippen molar-refractivity contribution in [2.24, 2.45) is 16.7 Å². The maximum atomic E-state index is 3.68. The van der Waals surface area contributed by atoms with Gasteiger partial charge in [0.15, 0.2) is 0 Å². The minimum atomic E-state index is 0.833. The van der Waals surface area contributed by atoms with Crippen molar-refractivity contribution in [1.82, 2.24) is 0 Å². The van der Waals surface area contributed by atoms with Crippen molar-refractivity contribution in [1.29, 1.82) is 0 Å². The van der Waals surface area contributed by atoms with Gasteiger partial charge in [0.1, 0.15) is 0 Å². The minimum Gasteiger partial charge on any atom is -0.0925 e. The summed E-state index contributed by atoms with van der Waals surface area (Å²) in [6, 6.07) is 0. The molecule has 0 N–H and O–H groups in total. The van der Waals surface area contributed by atoms with Gasteiger partial charge in [-0.1, -0.05) is 22.4 Å². The Balaban J connectivity index is 1.74. The fourth-order valence-electron chi connectivity index (χ4n) is 3.89. The van der Waals surface area contributed by atoms with Gasteiger partial charge < -0.3 is 0 Å². The third-order valence-electron chi connectivity index (χ3n) is 4.69. The molecule has 0 aromatic carbocycles. The molecule has 2 spiro atoms. The van der Waals surface area contributed by atoms with Crippen LogP contribution in [0.5, 0.6) is 0 Å². The van der Waals surface area contributed by atoms with Gasteiger partial charge in [-0.2, -0.15) is 0 Å². The summed E-state index contributed by atoms with van der Waals surface area (Å²) in [4.78, 5) is 0. The normalized spacial score (nSPS) is 40.2. The standard InChI is InChI=1S/C11H17Br/c12-6-9-2-1-3-11(9)7-10(8-11)4-5-10/h9H,1-8H2. The van der Waals surface area contributed by atoms with Gasteiger partial charge in [0.05, 0.1) is 0 Å². The van der Waals surface area contributed by atoms with Crippen LogP contribution in [0.15, 0.2) is 0 Å². The molecule has 0 saturated heterocycles. The predicted molar refractivity (Wildman–Crippen MR) is 54.5 cm³/mol. The van der Waals surface area contributed by atoms with Crippen molar-refractivity contribution < 1.29 is 0 Å². The van der Waals surface area contributed by atoms with E-state index >= 15 is 0 Å². The van der Waals surface area contributed by atoms with E-state index in [1.807, 2.05) is 0 Å². The van der Waals surface area contributed by atoms with Crippen molar-refractivity contribution in [3.8, 4) is 0 Å². The van der Waals surface area contributed by atoms with E-state index in [4.69, 9.17) is 0 Å². The van der Waals surface area contributed by atoms with E-state index in [9.17, 15) is 0 Å². The van der Waals surface area contributed by atoms with Crippen LogP contribution in [0.25, 0.3) is 0 Å².